The normalized spacial score (nSPS) is 17.6. The number of rotatable bonds is 1. The summed E-state index contributed by atoms with van der Waals surface area (Å²) in [6, 6.07) is 1.90. The number of anilines is 1. The minimum absolute atomic E-state index is 0.0381. The average molecular weight is 347 g/mol. The second-order valence-corrected chi connectivity index (χ2v) is 6.49. The van der Waals surface area contributed by atoms with Crippen LogP contribution in [0.1, 0.15) is 28.9 Å². The Morgan fingerprint density at radius 3 is 2.95 bits per heavy atom. The maximum Gasteiger partial charge on any atom is 0.272 e. The van der Waals surface area contributed by atoms with Crippen LogP contribution in [0.25, 0.3) is 17.0 Å². The molecule has 2 aromatic rings. The predicted octanol–water partition coefficient (Wildman–Crippen LogP) is 2.96. The second-order valence-electron chi connectivity index (χ2n) is 5.47. The molecule has 4 heterocycles. The largest absolute Gasteiger partial charge is 0.367 e. The van der Waals surface area contributed by atoms with E-state index in [1.165, 1.54) is 0 Å². The predicted molar refractivity (Wildman–Crippen MR) is 86.6 cm³/mol. The standard InChI is InChI=1S/C15H15BrN4O/c16-9-5-11-10-6-12(15(21)20-3-1-2-4-20)17-8-13(10)19-14(11)18-7-9/h5-6,8,18-19H,1-4,7H2. The summed E-state index contributed by atoms with van der Waals surface area (Å²) >= 11 is 3.52. The van der Waals surface area contributed by atoms with Gasteiger partial charge in [0.15, 0.2) is 0 Å². The fraction of sp³-hybridized carbons (Fsp3) is 0.333. The lowest BCUT2D eigenvalue weighted by Crippen LogP contribution is -2.28. The molecule has 0 spiro atoms. The number of amides is 1. The molecule has 1 amide bonds. The quantitative estimate of drug-likeness (QED) is 0.834. The van der Waals surface area contributed by atoms with E-state index in [1.807, 2.05) is 11.0 Å². The molecule has 0 unspecified atom stereocenters. The Labute approximate surface area is 130 Å². The topological polar surface area (TPSA) is 61.0 Å². The first-order valence-corrected chi connectivity index (χ1v) is 7.92. The van der Waals surface area contributed by atoms with Gasteiger partial charge in [0.1, 0.15) is 11.5 Å². The number of nitrogens with one attached hydrogen (secondary N) is 2. The number of fused-ring (bicyclic) bond motifs is 3. The van der Waals surface area contributed by atoms with Crippen molar-refractivity contribution in [3.05, 3.63) is 28.0 Å². The van der Waals surface area contributed by atoms with Crippen LogP contribution in [-0.4, -0.2) is 40.4 Å². The number of likely N-dealkylation sites (tertiary alicyclic amines) is 1. The molecule has 5 nitrogen and oxygen atoms in total. The third-order valence-electron chi connectivity index (χ3n) is 4.07. The molecule has 2 aliphatic rings. The molecule has 1 saturated heterocycles. The van der Waals surface area contributed by atoms with Crippen molar-refractivity contribution in [2.45, 2.75) is 12.8 Å². The molecular weight excluding hydrogens is 332 g/mol. The van der Waals surface area contributed by atoms with E-state index in [9.17, 15) is 4.79 Å². The number of carbonyl (C=O) groups is 1. The van der Waals surface area contributed by atoms with Gasteiger partial charge < -0.3 is 15.2 Å². The lowest BCUT2D eigenvalue weighted by molar-refractivity contribution is 0.0787. The highest BCUT2D eigenvalue weighted by molar-refractivity contribution is 9.11. The van der Waals surface area contributed by atoms with Gasteiger partial charge in [-0.05, 0) is 25.0 Å². The number of H-pyrrole nitrogens is 1. The van der Waals surface area contributed by atoms with Crippen LogP contribution in [0, 0.1) is 0 Å². The van der Waals surface area contributed by atoms with Gasteiger partial charge in [-0.1, -0.05) is 15.9 Å². The van der Waals surface area contributed by atoms with Crippen LogP contribution < -0.4 is 5.32 Å². The first-order chi connectivity index (χ1) is 10.2. The van der Waals surface area contributed by atoms with Crippen molar-refractivity contribution >= 4 is 44.6 Å². The van der Waals surface area contributed by atoms with Gasteiger partial charge >= 0.3 is 0 Å². The smallest absolute Gasteiger partial charge is 0.272 e. The maximum atomic E-state index is 12.5. The Morgan fingerprint density at radius 1 is 1.33 bits per heavy atom. The molecule has 2 N–H and O–H groups in total. The number of carbonyl (C=O) groups excluding carboxylic acids is 1. The van der Waals surface area contributed by atoms with E-state index in [0.717, 1.165) is 59.2 Å². The first kappa shape index (κ1) is 12.9. The van der Waals surface area contributed by atoms with Crippen LogP contribution >= 0.6 is 15.9 Å². The van der Waals surface area contributed by atoms with Crippen molar-refractivity contribution < 1.29 is 4.79 Å². The van der Waals surface area contributed by atoms with Crippen molar-refractivity contribution in [2.75, 3.05) is 25.0 Å². The van der Waals surface area contributed by atoms with E-state index in [1.54, 1.807) is 6.20 Å². The Morgan fingerprint density at radius 2 is 2.14 bits per heavy atom. The average Bonchev–Trinajstić information content (AvgIpc) is 3.13. The molecule has 0 radical (unpaired) electrons. The summed E-state index contributed by atoms with van der Waals surface area (Å²) in [5.74, 6) is 1.02. The number of halogens is 1. The van der Waals surface area contributed by atoms with Crippen LogP contribution in [-0.2, 0) is 0 Å². The van der Waals surface area contributed by atoms with Gasteiger partial charge in [-0.3, -0.25) is 4.79 Å². The first-order valence-electron chi connectivity index (χ1n) is 7.13. The molecule has 6 heteroatoms. The fourth-order valence-electron chi connectivity index (χ4n) is 2.98. The lowest BCUT2D eigenvalue weighted by Gasteiger charge is -2.14. The Kier molecular flexibility index (Phi) is 2.99. The number of pyridine rings is 1. The van der Waals surface area contributed by atoms with Crippen LogP contribution in [0.3, 0.4) is 0 Å². The zero-order chi connectivity index (χ0) is 14.4. The van der Waals surface area contributed by atoms with Crippen LogP contribution in [0.15, 0.2) is 16.7 Å². The minimum Gasteiger partial charge on any atom is -0.367 e. The van der Waals surface area contributed by atoms with Crippen molar-refractivity contribution in [1.82, 2.24) is 14.9 Å². The van der Waals surface area contributed by atoms with Gasteiger partial charge in [0.25, 0.3) is 5.91 Å². The van der Waals surface area contributed by atoms with E-state index in [2.05, 4.69) is 37.3 Å². The number of aromatic amines is 1. The molecule has 21 heavy (non-hydrogen) atoms. The van der Waals surface area contributed by atoms with Gasteiger partial charge in [-0.2, -0.15) is 0 Å². The highest BCUT2D eigenvalue weighted by Gasteiger charge is 2.22. The van der Waals surface area contributed by atoms with Crippen LogP contribution in [0.2, 0.25) is 0 Å². The van der Waals surface area contributed by atoms with Crippen molar-refractivity contribution in [1.29, 1.82) is 0 Å². The lowest BCUT2D eigenvalue weighted by atomic mass is 10.1. The molecule has 4 rings (SSSR count). The van der Waals surface area contributed by atoms with Crippen molar-refractivity contribution in [3.63, 3.8) is 0 Å². The zero-order valence-corrected chi connectivity index (χ0v) is 13.0. The summed E-state index contributed by atoms with van der Waals surface area (Å²) in [6.45, 7) is 2.46. The van der Waals surface area contributed by atoms with Crippen LogP contribution in [0.5, 0.6) is 0 Å². The molecule has 0 saturated carbocycles. The number of hydrogen-bond donors (Lipinski definition) is 2. The Balaban J connectivity index is 1.79. The summed E-state index contributed by atoms with van der Waals surface area (Å²) in [4.78, 5) is 22.0. The zero-order valence-electron chi connectivity index (χ0n) is 11.4. The second kappa shape index (κ2) is 4.87. The molecule has 2 aliphatic heterocycles. The summed E-state index contributed by atoms with van der Waals surface area (Å²) < 4.78 is 1.10. The van der Waals surface area contributed by atoms with Crippen LogP contribution in [0.4, 0.5) is 5.82 Å². The van der Waals surface area contributed by atoms with Crippen molar-refractivity contribution in [2.24, 2.45) is 0 Å². The van der Waals surface area contributed by atoms with Gasteiger partial charge in [0.05, 0.1) is 11.7 Å². The van der Waals surface area contributed by atoms with E-state index >= 15 is 0 Å². The number of nitrogens with zero attached hydrogens (tertiary/aromatic N) is 2. The minimum atomic E-state index is 0.0381. The highest BCUT2D eigenvalue weighted by Crippen LogP contribution is 2.32. The highest BCUT2D eigenvalue weighted by atomic mass is 79.9. The SMILES string of the molecule is O=C(c1cc2c3c([nH]c2cn1)NCC(Br)=C3)N1CCCC1. The van der Waals surface area contributed by atoms with Gasteiger partial charge in [-0.15, -0.1) is 0 Å². The van der Waals surface area contributed by atoms with E-state index in [0.29, 0.717) is 5.69 Å². The molecule has 108 valence electrons. The third-order valence-corrected chi connectivity index (χ3v) is 4.58. The molecule has 0 atom stereocenters. The number of aromatic nitrogens is 2. The molecular formula is C15H15BrN4O. The van der Waals surface area contributed by atoms with Gasteiger partial charge in [0.2, 0.25) is 0 Å². The Hall–Kier alpha value is -1.82. The molecule has 0 aromatic carbocycles. The number of hydrogen-bond acceptors (Lipinski definition) is 3. The van der Waals surface area contributed by atoms with Gasteiger partial charge in [-0.25, -0.2) is 4.98 Å². The summed E-state index contributed by atoms with van der Waals surface area (Å²) in [6.07, 6.45) is 6.02. The summed E-state index contributed by atoms with van der Waals surface area (Å²) in [7, 11) is 0. The van der Waals surface area contributed by atoms with E-state index < -0.39 is 0 Å². The molecule has 0 bridgehead atoms. The maximum absolute atomic E-state index is 12.5. The molecule has 2 aromatic heterocycles. The third kappa shape index (κ3) is 2.14. The van der Waals surface area contributed by atoms with E-state index in [4.69, 9.17) is 0 Å². The summed E-state index contributed by atoms with van der Waals surface area (Å²) in [5.41, 5.74) is 2.56. The molecule has 0 aliphatic carbocycles. The molecule has 1 fully saturated rings. The fourth-order valence-corrected chi connectivity index (χ4v) is 3.35. The van der Waals surface area contributed by atoms with E-state index in [-0.39, 0.29) is 5.91 Å². The van der Waals surface area contributed by atoms with Crippen molar-refractivity contribution in [3.8, 4) is 0 Å². The van der Waals surface area contributed by atoms with Gasteiger partial charge in [0, 0.05) is 35.1 Å². The summed E-state index contributed by atoms with van der Waals surface area (Å²) in [5, 5.41) is 4.35. The Bertz CT molecular complexity index is 758. The monoisotopic (exact) mass is 346 g/mol.